The number of carbonyl (C=O) groups is 2. The molecule has 1 aliphatic heterocycles. The Hall–Kier alpha value is -1.89. The van der Waals surface area contributed by atoms with Crippen molar-refractivity contribution in [3.63, 3.8) is 0 Å². The van der Waals surface area contributed by atoms with Gasteiger partial charge in [-0.05, 0) is 12.1 Å². The third-order valence-corrected chi connectivity index (χ3v) is 4.09. The van der Waals surface area contributed by atoms with Crippen molar-refractivity contribution in [3.8, 4) is 0 Å². The molecule has 0 spiro atoms. The van der Waals surface area contributed by atoms with Crippen molar-refractivity contribution in [2.24, 2.45) is 0 Å². The molecule has 0 saturated carbocycles. The smallest absolute Gasteiger partial charge is 0.340 e. The number of methoxy groups -OCH3 is 1. The van der Waals surface area contributed by atoms with E-state index >= 15 is 0 Å². The van der Waals surface area contributed by atoms with Gasteiger partial charge < -0.3 is 10.1 Å². The molecular formula is C10H9NO5S. The molecule has 2 rings (SSSR count). The van der Waals surface area contributed by atoms with Crippen LogP contribution >= 0.6 is 0 Å². The van der Waals surface area contributed by atoms with E-state index < -0.39 is 20.9 Å². The van der Waals surface area contributed by atoms with Crippen LogP contribution in [0.1, 0.15) is 10.4 Å². The molecule has 1 aliphatic rings. The minimum absolute atomic E-state index is 0.0982. The molecular weight excluding hydrogens is 246 g/mol. The molecule has 0 saturated heterocycles. The van der Waals surface area contributed by atoms with Gasteiger partial charge in [0.25, 0.3) is 5.12 Å². The van der Waals surface area contributed by atoms with Gasteiger partial charge in [0.05, 0.1) is 29.8 Å². The quantitative estimate of drug-likeness (QED) is 0.721. The summed E-state index contributed by atoms with van der Waals surface area (Å²) >= 11 is 0. The number of ether oxygens (including phenoxy) is 1. The standard InChI is InChI=1S/C10H9NO5S/c1-16-10(13)6-3-2-4-7-9(6)11-5-8(12)17(7,14)15/h2-4,11H,5H2,1H3. The van der Waals surface area contributed by atoms with Crippen molar-refractivity contribution in [1.29, 1.82) is 0 Å². The zero-order valence-corrected chi connectivity index (χ0v) is 9.71. The van der Waals surface area contributed by atoms with Crippen LogP contribution in [0, 0.1) is 0 Å². The predicted molar refractivity (Wildman–Crippen MR) is 58.5 cm³/mol. The fourth-order valence-corrected chi connectivity index (χ4v) is 2.81. The van der Waals surface area contributed by atoms with Crippen molar-refractivity contribution in [2.75, 3.05) is 19.0 Å². The number of benzene rings is 1. The van der Waals surface area contributed by atoms with Gasteiger partial charge in [-0.2, -0.15) is 0 Å². The number of fused-ring (bicyclic) bond motifs is 1. The summed E-state index contributed by atoms with van der Waals surface area (Å²) in [7, 11) is -2.80. The fourth-order valence-electron chi connectivity index (χ4n) is 1.60. The summed E-state index contributed by atoms with van der Waals surface area (Å²) < 4.78 is 28.0. The first kappa shape index (κ1) is 11.6. The molecule has 0 amide bonds. The zero-order chi connectivity index (χ0) is 12.6. The molecule has 90 valence electrons. The summed E-state index contributed by atoms with van der Waals surface area (Å²) in [5.41, 5.74) is 0.222. The molecule has 0 bridgehead atoms. The highest BCUT2D eigenvalue weighted by Gasteiger charge is 2.34. The van der Waals surface area contributed by atoms with Crippen molar-refractivity contribution >= 4 is 26.6 Å². The Morgan fingerprint density at radius 1 is 1.41 bits per heavy atom. The van der Waals surface area contributed by atoms with Gasteiger partial charge in [0.2, 0.25) is 9.84 Å². The Labute approximate surface area is 97.5 Å². The van der Waals surface area contributed by atoms with E-state index in [0.29, 0.717) is 0 Å². The summed E-state index contributed by atoms with van der Waals surface area (Å²) in [5.74, 6) is -0.654. The maximum atomic E-state index is 11.7. The Kier molecular flexibility index (Phi) is 2.62. The lowest BCUT2D eigenvalue weighted by atomic mass is 10.1. The molecule has 0 fully saturated rings. The number of esters is 1. The van der Waals surface area contributed by atoms with E-state index in [1.807, 2.05) is 0 Å². The van der Waals surface area contributed by atoms with Crippen LogP contribution in [0.5, 0.6) is 0 Å². The van der Waals surface area contributed by atoms with Crippen LogP contribution in [0.3, 0.4) is 0 Å². The molecule has 0 aliphatic carbocycles. The predicted octanol–water partition coefficient (Wildman–Crippen LogP) is 0.199. The van der Waals surface area contributed by atoms with Crippen molar-refractivity contribution in [1.82, 2.24) is 0 Å². The second-order valence-corrected chi connectivity index (χ2v) is 5.30. The molecule has 1 aromatic rings. The van der Waals surface area contributed by atoms with E-state index in [4.69, 9.17) is 0 Å². The number of carbonyl (C=O) groups excluding carboxylic acids is 2. The lowest BCUT2D eigenvalue weighted by Crippen LogP contribution is -2.30. The summed E-state index contributed by atoms with van der Waals surface area (Å²) in [6.07, 6.45) is 0. The van der Waals surface area contributed by atoms with E-state index in [1.54, 1.807) is 0 Å². The highest BCUT2D eigenvalue weighted by Crippen LogP contribution is 2.30. The maximum Gasteiger partial charge on any atom is 0.340 e. The van der Waals surface area contributed by atoms with E-state index in [-0.39, 0.29) is 22.7 Å². The molecule has 7 heteroatoms. The van der Waals surface area contributed by atoms with Crippen LogP contribution in [-0.4, -0.2) is 33.2 Å². The van der Waals surface area contributed by atoms with E-state index in [1.165, 1.54) is 25.3 Å². The Bertz CT molecular complexity index is 605. The van der Waals surface area contributed by atoms with Gasteiger partial charge in [-0.1, -0.05) is 6.07 Å². The summed E-state index contributed by atoms with van der Waals surface area (Å²) in [5, 5.41) is 1.71. The minimum Gasteiger partial charge on any atom is -0.465 e. The van der Waals surface area contributed by atoms with Crippen molar-refractivity contribution in [2.45, 2.75) is 4.90 Å². The SMILES string of the molecule is COC(=O)c1cccc2c1NCC(=O)S2(=O)=O. The second kappa shape index (κ2) is 3.85. The average Bonchev–Trinajstić information content (AvgIpc) is 2.33. The monoisotopic (exact) mass is 255 g/mol. The molecule has 0 radical (unpaired) electrons. The van der Waals surface area contributed by atoms with Crippen LogP contribution in [-0.2, 0) is 19.4 Å². The molecule has 6 nitrogen and oxygen atoms in total. The van der Waals surface area contributed by atoms with Crippen molar-refractivity contribution in [3.05, 3.63) is 23.8 Å². The third-order valence-electron chi connectivity index (χ3n) is 2.43. The molecule has 1 heterocycles. The number of anilines is 1. The molecule has 0 unspecified atom stereocenters. The normalized spacial score (nSPS) is 16.9. The van der Waals surface area contributed by atoms with Crippen LogP contribution in [0.4, 0.5) is 5.69 Å². The van der Waals surface area contributed by atoms with Gasteiger partial charge in [-0.25, -0.2) is 13.2 Å². The lowest BCUT2D eigenvalue weighted by Gasteiger charge is -2.19. The van der Waals surface area contributed by atoms with Gasteiger partial charge in [0.15, 0.2) is 0 Å². The highest BCUT2D eigenvalue weighted by atomic mass is 32.2. The van der Waals surface area contributed by atoms with Gasteiger partial charge in [0.1, 0.15) is 0 Å². The molecule has 0 aromatic heterocycles. The molecule has 17 heavy (non-hydrogen) atoms. The lowest BCUT2D eigenvalue weighted by molar-refractivity contribution is -0.110. The van der Waals surface area contributed by atoms with E-state index in [9.17, 15) is 18.0 Å². The van der Waals surface area contributed by atoms with Gasteiger partial charge in [-0.3, -0.25) is 4.79 Å². The number of para-hydroxylation sites is 1. The van der Waals surface area contributed by atoms with Crippen LogP contribution in [0.2, 0.25) is 0 Å². The summed E-state index contributed by atoms with van der Waals surface area (Å²) in [4.78, 5) is 22.5. The topological polar surface area (TPSA) is 89.5 Å². The Morgan fingerprint density at radius 3 is 2.76 bits per heavy atom. The second-order valence-electron chi connectivity index (χ2n) is 3.40. The highest BCUT2D eigenvalue weighted by molar-refractivity contribution is 8.06. The number of hydrogen-bond donors (Lipinski definition) is 1. The Balaban J connectivity index is 2.70. The number of nitrogens with one attached hydrogen (secondary N) is 1. The van der Waals surface area contributed by atoms with E-state index in [0.717, 1.165) is 0 Å². The number of sulfone groups is 1. The fraction of sp³-hybridized carbons (Fsp3) is 0.200. The number of hydrogen-bond acceptors (Lipinski definition) is 6. The Morgan fingerprint density at radius 2 is 2.12 bits per heavy atom. The molecule has 1 N–H and O–H groups in total. The largest absolute Gasteiger partial charge is 0.465 e. The molecule has 0 atom stereocenters. The van der Waals surface area contributed by atoms with Crippen molar-refractivity contribution < 1.29 is 22.7 Å². The van der Waals surface area contributed by atoms with Crippen LogP contribution < -0.4 is 5.32 Å². The molecule has 1 aromatic carbocycles. The summed E-state index contributed by atoms with van der Waals surface area (Å²) in [6, 6.07) is 4.10. The van der Waals surface area contributed by atoms with Gasteiger partial charge in [-0.15, -0.1) is 0 Å². The number of rotatable bonds is 1. The first-order chi connectivity index (χ1) is 7.98. The van der Waals surface area contributed by atoms with Crippen LogP contribution in [0.25, 0.3) is 0 Å². The van der Waals surface area contributed by atoms with E-state index in [2.05, 4.69) is 10.1 Å². The average molecular weight is 255 g/mol. The minimum atomic E-state index is -3.99. The zero-order valence-electron chi connectivity index (χ0n) is 8.89. The van der Waals surface area contributed by atoms with Crippen LogP contribution in [0.15, 0.2) is 23.1 Å². The first-order valence-corrected chi connectivity index (χ1v) is 6.20. The third kappa shape index (κ3) is 1.68. The summed E-state index contributed by atoms with van der Waals surface area (Å²) in [6.45, 7) is -0.344. The van der Waals surface area contributed by atoms with Gasteiger partial charge >= 0.3 is 5.97 Å². The van der Waals surface area contributed by atoms with Gasteiger partial charge in [0, 0.05) is 0 Å². The first-order valence-electron chi connectivity index (χ1n) is 4.71. The maximum absolute atomic E-state index is 11.7.